The average Bonchev–Trinajstić information content (AvgIpc) is 2.26. The molecular formula is C11H13NO2. The number of hydrogen-bond acceptors (Lipinski definition) is 3. The van der Waals surface area contributed by atoms with Crippen molar-refractivity contribution in [2.24, 2.45) is 0 Å². The third kappa shape index (κ3) is 1.76. The molecule has 0 saturated heterocycles. The van der Waals surface area contributed by atoms with Gasteiger partial charge in [0.1, 0.15) is 0 Å². The predicted octanol–water partition coefficient (Wildman–Crippen LogP) is 2.16. The Morgan fingerprint density at radius 3 is 2.79 bits per heavy atom. The average molecular weight is 191 g/mol. The lowest BCUT2D eigenvalue weighted by atomic mass is 10.1. The smallest absolute Gasteiger partial charge is 0.338 e. The van der Waals surface area contributed by atoms with Crippen LogP contribution < -0.4 is 5.32 Å². The number of methoxy groups -OCH3 is 1. The number of carbonyl (C=O) groups excluding carboxylic acids is 1. The number of benzene rings is 1. The van der Waals surface area contributed by atoms with Crippen LogP contribution in [0.5, 0.6) is 0 Å². The molecule has 3 nitrogen and oxygen atoms in total. The van der Waals surface area contributed by atoms with Crippen LogP contribution in [0.15, 0.2) is 24.8 Å². The fourth-order valence-corrected chi connectivity index (χ4v) is 1.29. The van der Waals surface area contributed by atoms with Crippen LogP contribution in [0.4, 0.5) is 5.69 Å². The molecule has 0 bridgehead atoms. The maximum absolute atomic E-state index is 11.4. The van der Waals surface area contributed by atoms with E-state index in [0.717, 1.165) is 11.3 Å². The molecule has 1 aromatic rings. The largest absolute Gasteiger partial charge is 0.465 e. The van der Waals surface area contributed by atoms with Crippen molar-refractivity contribution in [1.82, 2.24) is 0 Å². The highest BCUT2D eigenvalue weighted by Crippen LogP contribution is 2.21. The first kappa shape index (κ1) is 10.3. The summed E-state index contributed by atoms with van der Waals surface area (Å²) in [6.07, 6.45) is 1.64. The van der Waals surface area contributed by atoms with Crippen LogP contribution in [0.3, 0.4) is 0 Å². The number of carbonyl (C=O) groups is 1. The minimum Gasteiger partial charge on any atom is -0.465 e. The monoisotopic (exact) mass is 191 g/mol. The highest BCUT2D eigenvalue weighted by molar-refractivity contribution is 5.96. The van der Waals surface area contributed by atoms with Crippen LogP contribution in [-0.4, -0.2) is 20.1 Å². The first-order chi connectivity index (χ1) is 6.74. The molecule has 0 aromatic heterocycles. The van der Waals surface area contributed by atoms with E-state index in [4.69, 9.17) is 0 Å². The molecule has 0 atom stereocenters. The second-order valence-corrected chi connectivity index (χ2v) is 2.71. The van der Waals surface area contributed by atoms with Gasteiger partial charge in [-0.15, -0.1) is 0 Å². The van der Waals surface area contributed by atoms with Gasteiger partial charge in [-0.25, -0.2) is 4.79 Å². The zero-order chi connectivity index (χ0) is 10.6. The molecule has 0 saturated carbocycles. The Balaban J connectivity index is 3.28. The van der Waals surface area contributed by atoms with Crippen LogP contribution in [-0.2, 0) is 4.74 Å². The van der Waals surface area contributed by atoms with Gasteiger partial charge in [-0.1, -0.05) is 18.7 Å². The molecule has 3 heteroatoms. The minimum absolute atomic E-state index is 0.350. The molecule has 0 amide bonds. The summed E-state index contributed by atoms with van der Waals surface area (Å²) >= 11 is 0. The van der Waals surface area contributed by atoms with Crippen LogP contribution in [0.25, 0.3) is 6.08 Å². The van der Waals surface area contributed by atoms with E-state index < -0.39 is 0 Å². The molecule has 0 unspecified atom stereocenters. The van der Waals surface area contributed by atoms with Gasteiger partial charge in [-0.3, -0.25) is 0 Å². The molecule has 14 heavy (non-hydrogen) atoms. The topological polar surface area (TPSA) is 38.3 Å². The second kappa shape index (κ2) is 4.46. The molecule has 1 N–H and O–H groups in total. The molecule has 0 aliphatic rings. The first-order valence-corrected chi connectivity index (χ1v) is 4.26. The quantitative estimate of drug-likeness (QED) is 0.744. The van der Waals surface area contributed by atoms with Gasteiger partial charge < -0.3 is 10.1 Å². The van der Waals surface area contributed by atoms with Gasteiger partial charge in [-0.2, -0.15) is 0 Å². The summed E-state index contributed by atoms with van der Waals surface area (Å²) < 4.78 is 4.66. The molecular weight excluding hydrogens is 178 g/mol. The zero-order valence-corrected chi connectivity index (χ0v) is 8.33. The Morgan fingerprint density at radius 1 is 1.57 bits per heavy atom. The number of nitrogens with one attached hydrogen (secondary N) is 1. The third-order valence-electron chi connectivity index (χ3n) is 1.98. The molecule has 0 heterocycles. The van der Waals surface area contributed by atoms with E-state index in [-0.39, 0.29) is 5.97 Å². The summed E-state index contributed by atoms with van der Waals surface area (Å²) in [5.41, 5.74) is 2.15. The number of anilines is 1. The number of hydrogen-bond donors (Lipinski definition) is 1. The highest BCUT2D eigenvalue weighted by Gasteiger charge is 2.11. The zero-order valence-electron chi connectivity index (χ0n) is 8.33. The first-order valence-electron chi connectivity index (χ1n) is 4.26. The normalized spacial score (nSPS) is 9.29. The van der Waals surface area contributed by atoms with Crippen molar-refractivity contribution in [1.29, 1.82) is 0 Å². The molecule has 0 radical (unpaired) electrons. The summed E-state index contributed by atoms with van der Waals surface area (Å²) in [7, 11) is 3.16. The predicted molar refractivity (Wildman–Crippen MR) is 57.4 cm³/mol. The van der Waals surface area contributed by atoms with Gasteiger partial charge in [0.15, 0.2) is 0 Å². The van der Waals surface area contributed by atoms with Crippen molar-refractivity contribution in [2.75, 3.05) is 19.5 Å². The molecule has 0 fully saturated rings. The second-order valence-electron chi connectivity index (χ2n) is 2.71. The molecule has 0 spiro atoms. The van der Waals surface area contributed by atoms with Crippen molar-refractivity contribution in [3.05, 3.63) is 35.9 Å². The van der Waals surface area contributed by atoms with Gasteiger partial charge in [0.2, 0.25) is 0 Å². The SMILES string of the molecule is C=Cc1c(NC)cccc1C(=O)OC. The summed E-state index contributed by atoms with van der Waals surface area (Å²) in [5, 5.41) is 2.99. The molecule has 0 aliphatic heterocycles. The summed E-state index contributed by atoms with van der Waals surface area (Å²) in [6.45, 7) is 3.67. The Labute approximate surface area is 83.4 Å². The van der Waals surface area contributed by atoms with E-state index in [1.807, 2.05) is 6.07 Å². The van der Waals surface area contributed by atoms with E-state index in [9.17, 15) is 4.79 Å². The Kier molecular flexibility index (Phi) is 3.29. The van der Waals surface area contributed by atoms with Crippen molar-refractivity contribution < 1.29 is 9.53 Å². The minimum atomic E-state index is -0.350. The fourth-order valence-electron chi connectivity index (χ4n) is 1.29. The van der Waals surface area contributed by atoms with Gasteiger partial charge >= 0.3 is 5.97 Å². The third-order valence-corrected chi connectivity index (χ3v) is 1.98. The van der Waals surface area contributed by atoms with E-state index in [0.29, 0.717) is 5.56 Å². The van der Waals surface area contributed by atoms with Crippen LogP contribution in [0.2, 0.25) is 0 Å². The van der Waals surface area contributed by atoms with E-state index in [1.54, 1.807) is 25.3 Å². The molecule has 74 valence electrons. The maximum Gasteiger partial charge on any atom is 0.338 e. The van der Waals surface area contributed by atoms with E-state index in [1.165, 1.54) is 7.11 Å². The lowest BCUT2D eigenvalue weighted by molar-refractivity contribution is 0.0600. The Hall–Kier alpha value is -1.77. The number of esters is 1. The van der Waals surface area contributed by atoms with E-state index in [2.05, 4.69) is 16.6 Å². The van der Waals surface area contributed by atoms with Crippen LogP contribution in [0, 0.1) is 0 Å². The summed E-state index contributed by atoms with van der Waals surface area (Å²) in [6, 6.07) is 5.39. The maximum atomic E-state index is 11.4. The highest BCUT2D eigenvalue weighted by atomic mass is 16.5. The van der Waals surface area contributed by atoms with Gasteiger partial charge in [0, 0.05) is 18.3 Å². The number of rotatable bonds is 3. The Bertz CT molecular complexity index is 358. The fraction of sp³-hybridized carbons (Fsp3) is 0.182. The van der Waals surface area contributed by atoms with Crippen molar-refractivity contribution in [2.45, 2.75) is 0 Å². The van der Waals surface area contributed by atoms with Gasteiger partial charge in [0.25, 0.3) is 0 Å². The van der Waals surface area contributed by atoms with Crippen LogP contribution in [0.1, 0.15) is 15.9 Å². The molecule has 1 aromatic carbocycles. The molecule has 0 aliphatic carbocycles. The molecule has 1 rings (SSSR count). The Morgan fingerprint density at radius 2 is 2.29 bits per heavy atom. The van der Waals surface area contributed by atoms with Crippen molar-refractivity contribution >= 4 is 17.7 Å². The van der Waals surface area contributed by atoms with Crippen molar-refractivity contribution in [3.63, 3.8) is 0 Å². The van der Waals surface area contributed by atoms with Crippen molar-refractivity contribution in [3.8, 4) is 0 Å². The summed E-state index contributed by atoms with van der Waals surface area (Å²) in [5.74, 6) is -0.350. The van der Waals surface area contributed by atoms with E-state index >= 15 is 0 Å². The standard InChI is InChI=1S/C11H13NO2/c1-4-8-9(11(13)14-3)6-5-7-10(8)12-2/h4-7,12H,1H2,2-3H3. The van der Waals surface area contributed by atoms with Gasteiger partial charge in [0.05, 0.1) is 12.7 Å². The van der Waals surface area contributed by atoms with Gasteiger partial charge in [-0.05, 0) is 12.1 Å². The lowest BCUT2D eigenvalue weighted by Gasteiger charge is -2.09. The van der Waals surface area contributed by atoms with Crippen LogP contribution >= 0.6 is 0 Å². The lowest BCUT2D eigenvalue weighted by Crippen LogP contribution is -2.05. The summed E-state index contributed by atoms with van der Waals surface area (Å²) in [4.78, 5) is 11.4. The number of ether oxygens (including phenoxy) is 1.